The number of pyridine rings is 1. The summed E-state index contributed by atoms with van der Waals surface area (Å²) in [5.41, 5.74) is 4.25. The third kappa shape index (κ3) is 8.68. The van der Waals surface area contributed by atoms with Crippen molar-refractivity contribution in [3.63, 3.8) is 0 Å². The van der Waals surface area contributed by atoms with E-state index in [0.29, 0.717) is 24.4 Å². The van der Waals surface area contributed by atoms with Gasteiger partial charge in [-0.1, -0.05) is 6.07 Å². The van der Waals surface area contributed by atoms with E-state index in [2.05, 4.69) is 27.0 Å². The van der Waals surface area contributed by atoms with Gasteiger partial charge in [0.15, 0.2) is 0 Å². The van der Waals surface area contributed by atoms with Crippen molar-refractivity contribution < 1.29 is 14.6 Å². The van der Waals surface area contributed by atoms with Crippen LogP contribution in [-0.4, -0.2) is 63.8 Å². The number of aryl methyl sites for hydroxylation is 3. The second-order valence-corrected chi connectivity index (χ2v) is 9.45. The zero-order chi connectivity index (χ0) is 25.0. The number of ether oxygens (including phenoxy) is 1. The number of aromatic nitrogens is 3. The number of hydrogen-bond donors (Lipinski definition) is 1. The van der Waals surface area contributed by atoms with Crippen LogP contribution < -0.4 is 0 Å². The van der Waals surface area contributed by atoms with Gasteiger partial charge in [-0.05, 0) is 83.0 Å². The summed E-state index contributed by atoms with van der Waals surface area (Å²) in [6.45, 7) is 4.34. The summed E-state index contributed by atoms with van der Waals surface area (Å²) in [5.74, 6) is -0.982. The number of nitriles is 1. The molecule has 0 aromatic carbocycles. The van der Waals surface area contributed by atoms with Crippen LogP contribution in [-0.2, 0) is 35.2 Å². The zero-order valence-electron chi connectivity index (χ0n) is 20.9. The molecule has 35 heavy (non-hydrogen) atoms. The maximum atomic E-state index is 11.9. The fourth-order valence-corrected chi connectivity index (χ4v) is 4.53. The lowest BCUT2D eigenvalue weighted by molar-refractivity contribution is -0.142. The summed E-state index contributed by atoms with van der Waals surface area (Å²) in [6, 6.07) is 6.41. The molecule has 0 aliphatic heterocycles. The van der Waals surface area contributed by atoms with Gasteiger partial charge >= 0.3 is 5.97 Å². The third-order valence-corrected chi connectivity index (χ3v) is 6.72. The average molecular weight is 480 g/mol. The van der Waals surface area contributed by atoms with Gasteiger partial charge in [0.05, 0.1) is 17.6 Å². The van der Waals surface area contributed by atoms with Crippen LogP contribution in [0.25, 0.3) is 0 Å². The van der Waals surface area contributed by atoms with Crippen molar-refractivity contribution >= 4 is 5.97 Å². The van der Waals surface area contributed by atoms with E-state index >= 15 is 0 Å². The first-order valence-corrected chi connectivity index (χ1v) is 12.6. The second-order valence-electron chi connectivity index (χ2n) is 9.45. The maximum absolute atomic E-state index is 11.9. The van der Waals surface area contributed by atoms with E-state index < -0.39 is 11.9 Å². The largest absolute Gasteiger partial charge is 0.481 e. The molecule has 3 rings (SSSR count). The van der Waals surface area contributed by atoms with E-state index in [1.807, 2.05) is 13.0 Å². The van der Waals surface area contributed by atoms with Crippen LogP contribution in [0, 0.1) is 17.2 Å². The molecule has 0 fully saturated rings. The Hall–Kier alpha value is -2.89. The normalized spacial score (nSPS) is 14.8. The predicted molar refractivity (Wildman–Crippen MR) is 133 cm³/mol. The molecule has 1 aliphatic carbocycles. The molecule has 0 saturated heterocycles. The predicted octanol–water partition coefficient (Wildman–Crippen LogP) is 3.62. The van der Waals surface area contributed by atoms with Gasteiger partial charge in [-0.3, -0.25) is 9.78 Å². The number of unbranched alkanes of at least 4 members (excludes halogenated alkanes) is 1. The molecular weight excluding hydrogens is 442 g/mol. The minimum atomic E-state index is -0.851. The van der Waals surface area contributed by atoms with Gasteiger partial charge in [0, 0.05) is 43.9 Å². The standard InChI is InChI=1S/C27H37N5O3/c1-20(35-2)19-32(13-6-5-8-24-11-10-22-7-3-4-9-25(22)31-24)14-12-23(27(33)34)15-26-29-17-21(16-28)18-30-26/h10-11,17-18,20,23H,3-9,12-15,19H2,1-2H3,(H,33,34)/t20-,23-/m1/s1. The van der Waals surface area contributed by atoms with Gasteiger partial charge in [0.1, 0.15) is 11.9 Å². The molecule has 2 atom stereocenters. The Bertz CT molecular complexity index is 989. The smallest absolute Gasteiger partial charge is 0.306 e. The van der Waals surface area contributed by atoms with Crippen molar-refractivity contribution in [1.29, 1.82) is 5.26 Å². The molecule has 8 nitrogen and oxygen atoms in total. The van der Waals surface area contributed by atoms with Crippen LogP contribution in [0.3, 0.4) is 0 Å². The van der Waals surface area contributed by atoms with Crippen molar-refractivity contribution in [1.82, 2.24) is 19.9 Å². The molecule has 2 heterocycles. The van der Waals surface area contributed by atoms with E-state index in [0.717, 1.165) is 45.2 Å². The zero-order valence-corrected chi connectivity index (χ0v) is 20.9. The number of methoxy groups -OCH3 is 1. The fourth-order valence-electron chi connectivity index (χ4n) is 4.53. The molecular formula is C27H37N5O3. The number of carboxylic acids is 1. The minimum absolute atomic E-state index is 0.0717. The Balaban J connectivity index is 1.50. The molecule has 2 aromatic rings. The van der Waals surface area contributed by atoms with Crippen molar-refractivity contribution in [2.24, 2.45) is 5.92 Å². The van der Waals surface area contributed by atoms with E-state index in [-0.39, 0.29) is 12.5 Å². The molecule has 188 valence electrons. The Morgan fingerprint density at radius 1 is 1.20 bits per heavy atom. The van der Waals surface area contributed by atoms with E-state index in [9.17, 15) is 9.90 Å². The van der Waals surface area contributed by atoms with Crippen LogP contribution in [0.5, 0.6) is 0 Å². The van der Waals surface area contributed by atoms with Gasteiger partial charge in [0.2, 0.25) is 0 Å². The lowest BCUT2D eigenvalue weighted by Gasteiger charge is -2.26. The molecule has 8 heteroatoms. The van der Waals surface area contributed by atoms with Gasteiger partial charge < -0.3 is 14.7 Å². The maximum Gasteiger partial charge on any atom is 0.306 e. The fraction of sp³-hybridized carbons (Fsp3) is 0.593. The molecule has 1 N–H and O–H groups in total. The van der Waals surface area contributed by atoms with Crippen molar-refractivity contribution in [2.75, 3.05) is 26.7 Å². The highest BCUT2D eigenvalue weighted by atomic mass is 16.5. The monoisotopic (exact) mass is 479 g/mol. The van der Waals surface area contributed by atoms with Crippen LogP contribution in [0.2, 0.25) is 0 Å². The highest BCUT2D eigenvalue weighted by Crippen LogP contribution is 2.20. The Morgan fingerprint density at radius 2 is 1.97 bits per heavy atom. The second kappa shape index (κ2) is 13.9. The van der Waals surface area contributed by atoms with Crippen molar-refractivity contribution in [3.05, 3.63) is 52.9 Å². The Kier molecular flexibility index (Phi) is 10.6. The molecule has 0 unspecified atom stereocenters. The summed E-state index contributed by atoms with van der Waals surface area (Å²) < 4.78 is 5.47. The number of fused-ring (bicyclic) bond motifs is 1. The summed E-state index contributed by atoms with van der Waals surface area (Å²) in [4.78, 5) is 27.3. The van der Waals surface area contributed by atoms with Gasteiger partial charge in [-0.2, -0.15) is 5.26 Å². The van der Waals surface area contributed by atoms with Crippen LogP contribution in [0.4, 0.5) is 0 Å². The first-order chi connectivity index (χ1) is 17.0. The summed E-state index contributed by atoms with van der Waals surface area (Å²) in [7, 11) is 1.70. The summed E-state index contributed by atoms with van der Waals surface area (Å²) in [5, 5.41) is 18.6. The third-order valence-electron chi connectivity index (χ3n) is 6.72. The lowest BCUT2D eigenvalue weighted by atomic mass is 9.95. The van der Waals surface area contributed by atoms with Crippen LogP contribution in [0.1, 0.15) is 67.4 Å². The van der Waals surface area contributed by atoms with Crippen molar-refractivity contribution in [3.8, 4) is 6.07 Å². The first kappa shape index (κ1) is 26.7. The SMILES string of the molecule is CO[C@H](C)CN(CCCCc1ccc2c(n1)CCCC2)CC[C@H](Cc1ncc(C#N)cn1)C(=O)O. The number of rotatable bonds is 14. The lowest BCUT2D eigenvalue weighted by Crippen LogP contribution is -2.35. The molecule has 1 aliphatic rings. The van der Waals surface area contributed by atoms with E-state index in [1.165, 1.54) is 42.2 Å². The first-order valence-electron chi connectivity index (χ1n) is 12.6. The minimum Gasteiger partial charge on any atom is -0.481 e. The molecule has 0 radical (unpaired) electrons. The molecule has 0 amide bonds. The average Bonchev–Trinajstić information content (AvgIpc) is 2.88. The van der Waals surface area contributed by atoms with Crippen LogP contribution >= 0.6 is 0 Å². The van der Waals surface area contributed by atoms with Crippen LogP contribution in [0.15, 0.2) is 24.5 Å². The van der Waals surface area contributed by atoms with Crippen molar-refractivity contribution in [2.45, 2.75) is 70.8 Å². The summed E-state index contributed by atoms with van der Waals surface area (Å²) in [6.07, 6.45) is 11.5. The van der Waals surface area contributed by atoms with Gasteiger partial charge in [-0.25, -0.2) is 9.97 Å². The summed E-state index contributed by atoms with van der Waals surface area (Å²) >= 11 is 0. The molecule has 0 bridgehead atoms. The topological polar surface area (TPSA) is 112 Å². The number of carbonyl (C=O) groups is 1. The molecule has 2 aromatic heterocycles. The number of nitrogens with zero attached hydrogens (tertiary/aromatic N) is 5. The van der Waals surface area contributed by atoms with E-state index in [4.69, 9.17) is 15.0 Å². The highest BCUT2D eigenvalue weighted by molar-refractivity contribution is 5.70. The number of hydrogen-bond acceptors (Lipinski definition) is 7. The Morgan fingerprint density at radius 3 is 2.69 bits per heavy atom. The number of aliphatic carboxylic acids is 1. The number of carboxylic acid groups (broad SMARTS) is 1. The van der Waals surface area contributed by atoms with Gasteiger partial charge in [0.25, 0.3) is 0 Å². The van der Waals surface area contributed by atoms with Gasteiger partial charge in [-0.15, -0.1) is 0 Å². The molecule has 0 saturated carbocycles. The van der Waals surface area contributed by atoms with E-state index in [1.54, 1.807) is 7.11 Å². The quantitative estimate of drug-likeness (QED) is 0.409. The Labute approximate surface area is 208 Å². The molecule has 0 spiro atoms. The highest BCUT2D eigenvalue weighted by Gasteiger charge is 2.21.